The molecule has 0 bridgehead atoms. The van der Waals surface area contributed by atoms with Gasteiger partial charge in [0.2, 0.25) is 0 Å². The lowest BCUT2D eigenvalue weighted by Gasteiger charge is -2.09. The standard InChI is InChI=1S/C12H16ClNO2S/c1-14(2)6-3-7-17-9-4-5-11(13)10(8-9)12(15)16/h4-5,8H,3,6-7H2,1-2H3,(H,15,16). The SMILES string of the molecule is CN(C)CCCSc1ccc(Cl)c(C(=O)O)c1. The van der Waals surface area contributed by atoms with Gasteiger partial charge in [-0.2, -0.15) is 0 Å². The Balaban J connectivity index is 2.54. The number of aromatic carboxylic acids is 1. The van der Waals surface area contributed by atoms with E-state index in [0.29, 0.717) is 0 Å². The highest BCUT2D eigenvalue weighted by Crippen LogP contribution is 2.25. The van der Waals surface area contributed by atoms with Crippen LogP contribution in [-0.2, 0) is 0 Å². The Kier molecular flexibility index (Phi) is 5.82. The lowest BCUT2D eigenvalue weighted by Crippen LogP contribution is -2.13. The summed E-state index contributed by atoms with van der Waals surface area (Å²) >= 11 is 7.45. The molecule has 0 heterocycles. The van der Waals surface area contributed by atoms with Gasteiger partial charge in [-0.25, -0.2) is 4.79 Å². The molecule has 0 radical (unpaired) electrons. The molecule has 0 amide bonds. The molecule has 0 saturated heterocycles. The van der Waals surface area contributed by atoms with Gasteiger partial charge in [-0.3, -0.25) is 0 Å². The molecule has 0 aliphatic heterocycles. The molecule has 1 aromatic carbocycles. The van der Waals surface area contributed by atoms with Gasteiger partial charge in [0, 0.05) is 4.90 Å². The Morgan fingerprint density at radius 2 is 2.18 bits per heavy atom. The van der Waals surface area contributed by atoms with E-state index in [2.05, 4.69) is 4.90 Å². The summed E-state index contributed by atoms with van der Waals surface area (Å²) in [7, 11) is 4.07. The first-order chi connectivity index (χ1) is 8.00. The van der Waals surface area contributed by atoms with E-state index in [1.807, 2.05) is 20.2 Å². The maximum Gasteiger partial charge on any atom is 0.337 e. The van der Waals surface area contributed by atoms with E-state index in [9.17, 15) is 4.79 Å². The monoisotopic (exact) mass is 273 g/mol. The average molecular weight is 274 g/mol. The van der Waals surface area contributed by atoms with Crippen LogP contribution < -0.4 is 0 Å². The number of hydrogen-bond acceptors (Lipinski definition) is 3. The second kappa shape index (κ2) is 6.89. The van der Waals surface area contributed by atoms with Crippen molar-refractivity contribution >= 4 is 29.3 Å². The summed E-state index contributed by atoms with van der Waals surface area (Å²) in [5.41, 5.74) is 0.171. The van der Waals surface area contributed by atoms with E-state index in [-0.39, 0.29) is 10.6 Å². The summed E-state index contributed by atoms with van der Waals surface area (Å²) in [6.45, 7) is 1.03. The summed E-state index contributed by atoms with van der Waals surface area (Å²) < 4.78 is 0. The van der Waals surface area contributed by atoms with Crippen molar-refractivity contribution in [1.82, 2.24) is 4.90 Å². The minimum Gasteiger partial charge on any atom is -0.478 e. The van der Waals surface area contributed by atoms with E-state index < -0.39 is 5.97 Å². The van der Waals surface area contributed by atoms with Crippen LogP contribution in [0.4, 0.5) is 0 Å². The molecule has 17 heavy (non-hydrogen) atoms. The highest BCUT2D eigenvalue weighted by atomic mass is 35.5. The molecule has 5 heteroatoms. The average Bonchev–Trinajstić information content (AvgIpc) is 2.25. The summed E-state index contributed by atoms with van der Waals surface area (Å²) in [6, 6.07) is 5.12. The molecule has 0 fully saturated rings. The van der Waals surface area contributed by atoms with Crippen LogP contribution in [0.25, 0.3) is 0 Å². The predicted molar refractivity (Wildman–Crippen MR) is 72.3 cm³/mol. The molecule has 1 rings (SSSR count). The number of nitrogens with zero attached hydrogens (tertiary/aromatic N) is 1. The number of rotatable bonds is 6. The van der Waals surface area contributed by atoms with Crippen molar-refractivity contribution in [2.45, 2.75) is 11.3 Å². The fraction of sp³-hybridized carbons (Fsp3) is 0.417. The van der Waals surface area contributed by atoms with Gasteiger partial charge in [-0.1, -0.05) is 11.6 Å². The van der Waals surface area contributed by atoms with E-state index >= 15 is 0 Å². The van der Waals surface area contributed by atoms with Crippen molar-refractivity contribution < 1.29 is 9.90 Å². The normalized spacial score (nSPS) is 10.8. The zero-order valence-corrected chi connectivity index (χ0v) is 11.5. The molecule has 94 valence electrons. The second-order valence-electron chi connectivity index (χ2n) is 3.95. The fourth-order valence-corrected chi connectivity index (χ4v) is 2.40. The molecular formula is C12H16ClNO2S. The van der Waals surface area contributed by atoms with Crippen LogP contribution in [-0.4, -0.2) is 42.4 Å². The lowest BCUT2D eigenvalue weighted by atomic mass is 10.2. The molecule has 3 nitrogen and oxygen atoms in total. The summed E-state index contributed by atoms with van der Waals surface area (Å²) in [5.74, 6) is -0.00969. The molecule has 0 atom stereocenters. The molecule has 0 unspecified atom stereocenters. The van der Waals surface area contributed by atoms with Crippen LogP contribution in [0.1, 0.15) is 16.8 Å². The number of carboxylic acid groups (broad SMARTS) is 1. The highest BCUT2D eigenvalue weighted by Gasteiger charge is 2.09. The van der Waals surface area contributed by atoms with Crippen molar-refractivity contribution in [3.63, 3.8) is 0 Å². The number of halogens is 1. The van der Waals surface area contributed by atoms with Crippen molar-refractivity contribution in [2.75, 3.05) is 26.4 Å². The van der Waals surface area contributed by atoms with Crippen LogP contribution in [0, 0.1) is 0 Å². The summed E-state index contributed by atoms with van der Waals surface area (Å²) in [6.07, 6.45) is 1.07. The highest BCUT2D eigenvalue weighted by molar-refractivity contribution is 7.99. The number of thioether (sulfide) groups is 1. The quantitative estimate of drug-likeness (QED) is 0.639. The second-order valence-corrected chi connectivity index (χ2v) is 5.53. The molecule has 1 aromatic rings. The van der Waals surface area contributed by atoms with Gasteiger partial charge in [0.05, 0.1) is 10.6 Å². The fourth-order valence-electron chi connectivity index (χ4n) is 1.33. The lowest BCUT2D eigenvalue weighted by molar-refractivity contribution is 0.0697. The van der Waals surface area contributed by atoms with Crippen LogP contribution >= 0.6 is 23.4 Å². The maximum atomic E-state index is 10.9. The van der Waals surface area contributed by atoms with E-state index in [1.54, 1.807) is 23.9 Å². The predicted octanol–water partition coefficient (Wildman–Crippen LogP) is 3.08. The smallest absolute Gasteiger partial charge is 0.337 e. The van der Waals surface area contributed by atoms with E-state index in [0.717, 1.165) is 23.6 Å². The van der Waals surface area contributed by atoms with Crippen LogP contribution in [0.15, 0.2) is 23.1 Å². The molecule has 0 aliphatic carbocycles. The van der Waals surface area contributed by atoms with Gasteiger partial charge in [0.25, 0.3) is 0 Å². The molecule has 0 aromatic heterocycles. The summed E-state index contributed by atoms with van der Waals surface area (Å²) in [4.78, 5) is 14.0. The third-order valence-electron chi connectivity index (χ3n) is 2.19. The topological polar surface area (TPSA) is 40.5 Å². The Morgan fingerprint density at radius 1 is 1.47 bits per heavy atom. The molecule has 0 saturated carbocycles. The molecule has 0 aliphatic rings. The van der Waals surface area contributed by atoms with Crippen molar-refractivity contribution in [3.05, 3.63) is 28.8 Å². The Labute approximate surface area is 111 Å². The molecular weight excluding hydrogens is 258 g/mol. The first kappa shape index (κ1) is 14.4. The van der Waals surface area contributed by atoms with Crippen molar-refractivity contribution in [2.24, 2.45) is 0 Å². The van der Waals surface area contributed by atoms with Crippen LogP contribution in [0.3, 0.4) is 0 Å². The summed E-state index contributed by atoms with van der Waals surface area (Å²) in [5, 5.41) is 9.22. The Hall–Kier alpha value is -0.710. The van der Waals surface area contributed by atoms with Gasteiger partial charge in [-0.15, -0.1) is 11.8 Å². The number of carbonyl (C=O) groups is 1. The van der Waals surface area contributed by atoms with E-state index in [4.69, 9.17) is 16.7 Å². The van der Waals surface area contributed by atoms with E-state index in [1.165, 1.54) is 0 Å². The van der Waals surface area contributed by atoms with Crippen LogP contribution in [0.2, 0.25) is 5.02 Å². The van der Waals surface area contributed by atoms with Gasteiger partial charge in [0.15, 0.2) is 0 Å². The van der Waals surface area contributed by atoms with Gasteiger partial charge < -0.3 is 10.0 Å². The van der Waals surface area contributed by atoms with Crippen molar-refractivity contribution in [1.29, 1.82) is 0 Å². The first-order valence-corrected chi connectivity index (χ1v) is 6.67. The van der Waals surface area contributed by atoms with Gasteiger partial charge in [0.1, 0.15) is 0 Å². The van der Waals surface area contributed by atoms with Crippen LogP contribution in [0.5, 0.6) is 0 Å². The zero-order chi connectivity index (χ0) is 12.8. The number of carboxylic acids is 1. The van der Waals surface area contributed by atoms with Crippen molar-refractivity contribution in [3.8, 4) is 0 Å². The third kappa shape index (κ3) is 4.98. The first-order valence-electron chi connectivity index (χ1n) is 5.31. The number of hydrogen-bond donors (Lipinski definition) is 1. The Morgan fingerprint density at radius 3 is 2.76 bits per heavy atom. The number of benzene rings is 1. The third-order valence-corrected chi connectivity index (χ3v) is 3.60. The Bertz CT molecular complexity index is 396. The minimum atomic E-state index is -0.981. The molecule has 0 spiro atoms. The maximum absolute atomic E-state index is 10.9. The molecule has 1 N–H and O–H groups in total. The zero-order valence-electron chi connectivity index (χ0n) is 9.94. The van der Waals surface area contributed by atoms with Gasteiger partial charge in [-0.05, 0) is 51.0 Å². The van der Waals surface area contributed by atoms with Gasteiger partial charge >= 0.3 is 5.97 Å². The largest absolute Gasteiger partial charge is 0.478 e. The minimum absolute atomic E-state index is 0.171.